The average molecular weight is 257 g/mol. The van der Waals surface area contributed by atoms with Gasteiger partial charge in [0.2, 0.25) is 0 Å². The molecule has 0 spiro atoms. The first-order valence-corrected chi connectivity index (χ1v) is 7.45. The summed E-state index contributed by atoms with van der Waals surface area (Å²) < 4.78 is 2.36. The van der Waals surface area contributed by atoms with Crippen LogP contribution in [0.25, 0.3) is 11.0 Å². The molecule has 0 bridgehead atoms. The molecule has 0 aliphatic carbocycles. The smallest absolute Gasteiger partial charge is 0.111 e. The predicted octanol–water partition coefficient (Wildman–Crippen LogP) is 2.99. The molecule has 1 aromatic carbocycles. The standard InChI is InChI=1S/C16H23N3/c1-3-19-15-7-5-4-6-14(15)18-16(19)10-13-9-8-12(2)11-17-13/h4-7,12-13,17H,3,8-11H2,1-2H3. The fraction of sp³-hybridized carbons (Fsp3) is 0.562. The zero-order valence-corrected chi connectivity index (χ0v) is 11.9. The molecule has 2 aromatic rings. The first-order valence-electron chi connectivity index (χ1n) is 7.45. The van der Waals surface area contributed by atoms with E-state index in [2.05, 4.69) is 48.0 Å². The summed E-state index contributed by atoms with van der Waals surface area (Å²) in [5.41, 5.74) is 2.40. The van der Waals surface area contributed by atoms with Crippen molar-refractivity contribution >= 4 is 11.0 Å². The van der Waals surface area contributed by atoms with Gasteiger partial charge in [0.05, 0.1) is 11.0 Å². The highest BCUT2D eigenvalue weighted by atomic mass is 15.1. The number of hydrogen-bond acceptors (Lipinski definition) is 2. The lowest BCUT2D eigenvalue weighted by Gasteiger charge is -2.27. The molecule has 0 radical (unpaired) electrons. The third kappa shape index (κ3) is 2.52. The number of hydrogen-bond donors (Lipinski definition) is 1. The summed E-state index contributed by atoms with van der Waals surface area (Å²) in [6, 6.07) is 9.05. The Balaban J connectivity index is 1.84. The van der Waals surface area contributed by atoms with Crippen LogP contribution in [0.3, 0.4) is 0 Å². The van der Waals surface area contributed by atoms with Crippen molar-refractivity contribution < 1.29 is 0 Å². The van der Waals surface area contributed by atoms with Gasteiger partial charge in [-0.05, 0) is 44.4 Å². The number of rotatable bonds is 3. The van der Waals surface area contributed by atoms with Crippen LogP contribution in [-0.2, 0) is 13.0 Å². The van der Waals surface area contributed by atoms with Gasteiger partial charge >= 0.3 is 0 Å². The molecular formula is C16H23N3. The molecule has 3 nitrogen and oxygen atoms in total. The average Bonchev–Trinajstić information content (AvgIpc) is 2.78. The molecule has 19 heavy (non-hydrogen) atoms. The summed E-state index contributed by atoms with van der Waals surface area (Å²) in [6.45, 7) is 6.68. The van der Waals surface area contributed by atoms with E-state index in [0.29, 0.717) is 6.04 Å². The van der Waals surface area contributed by atoms with E-state index in [0.717, 1.165) is 30.9 Å². The lowest BCUT2D eigenvalue weighted by molar-refractivity contribution is 0.321. The Morgan fingerprint density at radius 3 is 2.89 bits per heavy atom. The van der Waals surface area contributed by atoms with Crippen LogP contribution in [-0.4, -0.2) is 22.1 Å². The third-order valence-corrected chi connectivity index (χ3v) is 4.24. The summed E-state index contributed by atoms with van der Waals surface area (Å²) in [7, 11) is 0. The molecule has 1 fully saturated rings. The van der Waals surface area contributed by atoms with Gasteiger partial charge in [-0.3, -0.25) is 0 Å². The minimum absolute atomic E-state index is 0.596. The second-order valence-corrected chi connectivity index (χ2v) is 5.75. The molecule has 3 rings (SSSR count). The van der Waals surface area contributed by atoms with Crippen molar-refractivity contribution in [2.45, 2.75) is 45.7 Å². The van der Waals surface area contributed by atoms with Gasteiger partial charge in [0.1, 0.15) is 5.82 Å². The number of nitrogens with zero attached hydrogens (tertiary/aromatic N) is 2. The topological polar surface area (TPSA) is 29.9 Å². The molecule has 2 heterocycles. The van der Waals surface area contributed by atoms with Gasteiger partial charge < -0.3 is 9.88 Å². The maximum absolute atomic E-state index is 4.82. The molecule has 3 heteroatoms. The molecule has 1 aliphatic heterocycles. The summed E-state index contributed by atoms with van der Waals surface area (Å²) >= 11 is 0. The van der Waals surface area contributed by atoms with Crippen molar-refractivity contribution in [3.63, 3.8) is 0 Å². The Bertz CT molecular complexity index is 550. The fourth-order valence-corrected chi connectivity index (χ4v) is 3.09. The van der Waals surface area contributed by atoms with Crippen molar-refractivity contribution in [2.75, 3.05) is 6.54 Å². The van der Waals surface area contributed by atoms with Gasteiger partial charge in [0, 0.05) is 19.0 Å². The van der Waals surface area contributed by atoms with Crippen LogP contribution in [0, 0.1) is 5.92 Å². The summed E-state index contributed by atoms with van der Waals surface area (Å²) in [6.07, 6.45) is 3.66. The van der Waals surface area contributed by atoms with Gasteiger partial charge in [-0.25, -0.2) is 4.98 Å². The molecule has 1 aromatic heterocycles. The highest BCUT2D eigenvalue weighted by Gasteiger charge is 2.20. The number of fused-ring (bicyclic) bond motifs is 1. The van der Waals surface area contributed by atoms with E-state index >= 15 is 0 Å². The summed E-state index contributed by atoms with van der Waals surface area (Å²) in [5, 5.41) is 3.66. The Morgan fingerprint density at radius 2 is 2.16 bits per heavy atom. The van der Waals surface area contributed by atoms with Gasteiger partial charge in [0.15, 0.2) is 0 Å². The first kappa shape index (κ1) is 12.7. The molecule has 102 valence electrons. The largest absolute Gasteiger partial charge is 0.328 e. The van der Waals surface area contributed by atoms with Crippen LogP contribution in [0.2, 0.25) is 0 Å². The monoisotopic (exact) mass is 257 g/mol. The maximum Gasteiger partial charge on any atom is 0.111 e. The summed E-state index contributed by atoms with van der Waals surface area (Å²) in [4.78, 5) is 4.82. The lowest BCUT2D eigenvalue weighted by Crippen LogP contribution is -2.39. The number of para-hydroxylation sites is 2. The molecule has 1 aliphatic rings. The predicted molar refractivity (Wildman–Crippen MR) is 79.3 cm³/mol. The fourth-order valence-electron chi connectivity index (χ4n) is 3.09. The van der Waals surface area contributed by atoms with Crippen LogP contribution >= 0.6 is 0 Å². The van der Waals surface area contributed by atoms with Gasteiger partial charge in [-0.15, -0.1) is 0 Å². The second-order valence-electron chi connectivity index (χ2n) is 5.75. The quantitative estimate of drug-likeness (QED) is 0.916. The minimum Gasteiger partial charge on any atom is -0.328 e. The van der Waals surface area contributed by atoms with Crippen molar-refractivity contribution in [3.05, 3.63) is 30.1 Å². The van der Waals surface area contributed by atoms with Crippen LogP contribution in [0.15, 0.2) is 24.3 Å². The third-order valence-electron chi connectivity index (χ3n) is 4.24. The van der Waals surface area contributed by atoms with Crippen molar-refractivity contribution in [2.24, 2.45) is 5.92 Å². The number of piperidine rings is 1. The van der Waals surface area contributed by atoms with E-state index in [4.69, 9.17) is 4.98 Å². The molecule has 1 N–H and O–H groups in total. The Labute approximate surface area is 115 Å². The van der Waals surface area contributed by atoms with Crippen molar-refractivity contribution in [1.82, 2.24) is 14.9 Å². The highest BCUT2D eigenvalue weighted by Crippen LogP contribution is 2.20. The number of nitrogens with one attached hydrogen (secondary N) is 1. The minimum atomic E-state index is 0.596. The van der Waals surface area contributed by atoms with E-state index in [1.165, 1.54) is 24.2 Å². The Morgan fingerprint density at radius 1 is 1.32 bits per heavy atom. The van der Waals surface area contributed by atoms with Crippen LogP contribution < -0.4 is 5.32 Å². The molecule has 0 saturated carbocycles. The second kappa shape index (κ2) is 5.33. The first-order chi connectivity index (χ1) is 9.28. The van der Waals surface area contributed by atoms with Gasteiger partial charge in [-0.2, -0.15) is 0 Å². The number of aryl methyl sites for hydroxylation is 1. The number of benzene rings is 1. The van der Waals surface area contributed by atoms with Crippen LogP contribution in [0.1, 0.15) is 32.5 Å². The van der Waals surface area contributed by atoms with Crippen LogP contribution in [0.4, 0.5) is 0 Å². The van der Waals surface area contributed by atoms with E-state index in [1.807, 2.05) is 0 Å². The van der Waals surface area contributed by atoms with Gasteiger partial charge in [-0.1, -0.05) is 19.1 Å². The highest BCUT2D eigenvalue weighted by molar-refractivity contribution is 5.75. The normalized spacial score (nSPS) is 23.9. The molecule has 1 saturated heterocycles. The zero-order valence-electron chi connectivity index (χ0n) is 11.9. The maximum atomic E-state index is 4.82. The molecule has 2 unspecified atom stereocenters. The molecule has 0 amide bonds. The summed E-state index contributed by atoms with van der Waals surface area (Å²) in [5.74, 6) is 2.05. The van der Waals surface area contributed by atoms with E-state index < -0.39 is 0 Å². The van der Waals surface area contributed by atoms with E-state index in [1.54, 1.807) is 0 Å². The van der Waals surface area contributed by atoms with Gasteiger partial charge in [0.25, 0.3) is 0 Å². The van der Waals surface area contributed by atoms with E-state index in [-0.39, 0.29) is 0 Å². The Kier molecular flexibility index (Phi) is 3.56. The lowest BCUT2D eigenvalue weighted by atomic mass is 9.94. The van der Waals surface area contributed by atoms with Crippen molar-refractivity contribution in [3.8, 4) is 0 Å². The zero-order chi connectivity index (χ0) is 13.2. The Hall–Kier alpha value is -1.35. The van der Waals surface area contributed by atoms with Crippen molar-refractivity contribution in [1.29, 1.82) is 0 Å². The van der Waals surface area contributed by atoms with E-state index in [9.17, 15) is 0 Å². The SMILES string of the molecule is CCn1c(CC2CCC(C)CN2)nc2ccccc21. The van der Waals surface area contributed by atoms with Crippen LogP contribution in [0.5, 0.6) is 0 Å². The molecule has 2 atom stereocenters. The molecular weight excluding hydrogens is 234 g/mol. The number of aromatic nitrogens is 2. The number of imidazole rings is 1.